The number of nitrogens with zero attached hydrogens (tertiary/aromatic N) is 1. The van der Waals surface area contributed by atoms with Gasteiger partial charge in [0.1, 0.15) is 11.6 Å². The van der Waals surface area contributed by atoms with Crippen LogP contribution in [0.15, 0.2) is 97.1 Å². The van der Waals surface area contributed by atoms with Crippen LogP contribution in [0.4, 0.5) is 5.69 Å². The van der Waals surface area contributed by atoms with Crippen LogP contribution in [-0.2, 0) is 4.79 Å². The third-order valence-corrected chi connectivity index (χ3v) is 5.61. The van der Waals surface area contributed by atoms with E-state index in [4.69, 9.17) is 4.74 Å². The molecular formula is C29H23N3O3. The molecule has 5 aromatic rings. The van der Waals surface area contributed by atoms with Crippen molar-refractivity contribution in [3.05, 3.63) is 114 Å². The Morgan fingerprint density at radius 3 is 2.34 bits per heavy atom. The number of ether oxygens (including phenoxy) is 1. The fourth-order valence-electron chi connectivity index (χ4n) is 3.74. The molecule has 0 unspecified atom stereocenters. The molecule has 0 radical (unpaired) electrons. The van der Waals surface area contributed by atoms with Gasteiger partial charge >= 0.3 is 0 Å². The van der Waals surface area contributed by atoms with E-state index in [0.717, 1.165) is 22.2 Å². The van der Waals surface area contributed by atoms with Crippen molar-refractivity contribution >= 4 is 28.4 Å². The van der Waals surface area contributed by atoms with Crippen molar-refractivity contribution in [2.45, 2.75) is 6.92 Å². The van der Waals surface area contributed by atoms with Gasteiger partial charge in [-0.1, -0.05) is 48.0 Å². The molecule has 35 heavy (non-hydrogen) atoms. The third kappa shape index (κ3) is 5.12. The quantitative estimate of drug-likeness (QED) is 0.301. The SMILES string of the molecule is Cc1ccc(OCC(=O)Nc2ccc(-c3nc4ccc(C(=O)c5ccccc5)cc4[nH]3)cc2)cc1. The topological polar surface area (TPSA) is 84.1 Å². The summed E-state index contributed by atoms with van der Waals surface area (Å²) in [6.45, 7) is 1.92. The average molecular weight is 462 g/mol. The molecule has 0 bridgehead atoms. The minimum Gasteiger partial charge on any atom is -0.484 e. The number of rotatable bonds is 7. The summed E-state index contributed by atoms with van der Waals surface area (Å²) in [5.41, 5.74) is 5.47. The summed E-state index contributed by atoms with van der Waals surface area (Å²) in [6, 6.07) is 29.6. The van der Waals surface area contributed by atoms with Crippen LogP contribution < -0.4 is 10.1 Å². The minimum absolute atomic E-state index is 0.0323. The molecule has 0 saturated heterocycles. The predicted molar refractivity (Wildman–Crippen MR) is 137 cm³/mol. The Labute approximate surface area is 202 Å². The first-order valence-electron chi connectivity index (χ1n) is 11.2. The number of H-pyrrole nitrogens is 1. The molecule has 6 heteroatoms. The van der Waals surface area contributed by atoms with Gasteiger partial charge in [-0.3, -0.25) is 9.59 Å². The lowest BCUT2D eigenvalue weighted by Crippen LogP contribution is -2.20. The number of carbonyl (C=O) groups is 2. The Morgan fingerprint density at radius 2 is 1.60 bits per heavy atom. The molecule has 1 heterocycles. The monoisotopic (exact) mass is 461 g/mol. The standard InChI is InChI=1S/C29H23N3O3/c1-19-7-14-24(15-8-19)35-18-27(33)30-23-12-9-21(10-13-23)29-31-25-16-11-22(17-26(25)32-29)28(34)20-5-3-2-4-6-20/h2-17H,18H2,1H3,(H,30,33)(H,31,32). The molecular weight excluding hydrogens is 438 g/mol. The molecule has 0 saturated carbocycles. The van der Waals surface area contributed by atoms with Gasteiger partial charge in [0, 0.05) is 22.4 Å². The van der Waals surface area contributed by atoms with Crippen LogP contribution in [-0.4, -0.2) is 28.3 Å². The van der Waals surface area contributed by atoms with Gasteiger partial charge in [-0.2, -0.15) is 0 Å². The maximum Gasteiger partial charge on any atom is 0.262 e. The molecule has 0 aliphatic rings. The second kappa shape index (κ2) is 9.65. The Bertz CT molecular complexity index is 1490. The zero-order chi connectivity index (χ0) is 24.2. The highest BCUT2D eigenvalue weighted by Gasteiger charge is 2.12. The first kappa shape index (κ1) is 22.1. The van der Waals surface area contributed by atoms with Gasteiger partial charge in [0.15, 0.2) is 12.4 Å². The highest BCUT2D eigenvalue weighted by molar-refractivity contribution is 6.10. The summed E-state index contributed by atoms with van der Waals surface area (Å²) >= 11 is 0. The molecule has 0 fully saturated rings. The lowest BCUT2D eigenvalue weighted by atomic mass is 10.0. The molecule has 2 N–H and O–H groups in total. The zero-order valence-corrected chi connectivity index (χ0v) is 19.1. The summed E-state index contributed by atoms with van der Waals surface area (Å²) in [4.78, 5) is 32.9. The van der Waals surface area contributed by atoms with Crippen molar-refractivity contribution in [1.29, 1.82) is 0 Å². The fourth-order valence-corrected chi connectivity index (χ4v) is 3.74. The summed E-state index contributed by atoms with van der Waals surface area (Å²) < 4.78 is 5.53. The first-order chi connectivity index (χ1) is 17.0. The Balaban J connectivity index is 1.25. The molecule has 4 aromatic carbocycles. The van der Waals surface area contributed by atoms with Gasteiger partial charge < -0.3 is 15.0 Å². The Kier molecular flexibility index (Phi) is 6.09. The number of ketones is 1. The molecule has 0 aliphatic carbocycles. The van der Waals surface area contributed by atoms with Gasteiger partial charge in [-0.05, 0) is 61.5 Å². The summed E-state index contributed by atoms with van der Waals surface area (Å²) in [5, 5.41) is 2.83. The normalized spacial score (nSPS) is 10.8. The van der Waals surface area contributed by atoms with E-state index in [1.807, 2.05) is 85.8 Å². The number of amides is 1. The molecule has 0 aliphatic heterocycles. The van der Waals surface area contributed by atoms with E-state index in [0.29, 0.717) is 28.4 Å². The predicted octanol–water partition coefficient (Wildman–Crippen LogP) is 5.79. The summed E-state index contributed by atoms with van der Waals surface area (Å²) in [6.07, 6.45) is 0. The molecule has 5 rings (SSSR count). The minimum atomic E-state index is -0.238. The number of benzene rings is 4. The summed E-state index contributed by atoms with van der Waals surface area (Å²) in [5.74, 6) is 1.07. The van der Waals surface area contributed by atoms with E-state index in [1.54, 1.807) is 18.2 Å². The number of hydrogen-bond donors (Lipinski definition) is 2. The number of aryl methyl sites for hydroxylation is 1. The second-order valence-corrected chi connectivity index (χ2v) is 8.24. The molecule has 6 nitrogen and oxygen atoms in total. The smallest absolute Gasteiger partial charge is 0.262 e. The van der Waals surface area contributed by atoms with Crippen molar-refractivity contribution < 1.29 is 14.3 Å². The van der Waals surface area contributed by atoms with Crippen molar-refractivity contribution in [2.75, 3.05) is 11.9 Å². The van der Waals surface area contributed by atoms with E-state index in [-0.39, 0.29) is 18.3 Å². The first-order valence-corrected chi connectivity index (χ1v) is 11.2. The fraction of sp³-hybridized carbons (Fsp3) is 0.0690. The highest BCUT2D eigenvalue weighted by atomic mass is 16.5. The maximum absolute atomic E-state index is 12.8. The van der Waals surface area contributed by atoms with Crippen molar-refractivity contribution in [1.82, 2.24) is 9.97 Å². The molecule has 1 aromatic heterocycles. The van der Waals surface area contributed by atoms with Crippen LogP contribution in [0.2, 0.25) is 0 Å². The van der Waals surface area contributed by atoms with Crippen LogP contribution in [0.3, 0.4) is 0 Å². The zero-order valence-electron chi connectivity index (χ0n) is 19.1. The number of anilines is 1. The van der Waals surface area contributed by atoms with E-state index in [1.165, 1.54) is 0 Å². The van der Waals surface area contributed by atoms with E-state index in [2.05, 4.69) is 15.3 Å². The van der Waals surface area contributed by atoms with Crippen LogP contribution in [0.25, 0.3) is 22.4 Å². The largest absolute Gasteiger partial charge is 0.484 e. The molecule has 172 valence electrons. The Hall–Kier alpha value is -4.71. The molecule has 0 spiro atoms. The number of aromatic amines is 1. The number of aromatic nitrogens is 2. The summed E-state index contributed by atoms with van der Waals surface area (Å²) in [7, 11) is 0. The number of nitrogens with one attached hydrogen (secondary N) is 2. The van der Waals surface area contributed by atoms with E-state index in [9.17, 15) is 9.59 Å². The molecule has 0 atom stereocenters. The van der Waals surface area contributed by atoms with Gasteiger partial charge in [0.2, 0.25) is 0 Å². The van der Waals surface area contributed by atoms with Crippen molar-refractivity contribution in [2.24, 2.45) is 0 Å². The van der Waals surface area contributed by atoms with Crippen LogP contribution in [0.5, 0.6) is 5.75 Å². The van der Waals surface area contributed by atoms with Crippen LogP contribution >= 0.6 is 0 Å². The Morgan fingerprint density at radius 1 is 0.857 bits per heavy atom. The number of fused-ring (bicyclic) bond motifs is 1. The lowest BCUT2D eigenvalue weighted by Gasteiger charge is -2.08. The van der Waals surface area contributed by atoms with Gasteiger partial charge in [0.25, 0.3) is 5.91 Å². The maximum atomic E-state index is 12.8. The third-order valence-electron chi connectivity index (χ3n) is 5.61. The van der Waals surface area contributed by atoms with Crippen LogP contribution in [0, 0.1) is 6.92 Å². The highest BCUT2D eigenvalue weighted by Crippen LogP contribution is 2.24. The molecule has 1 amide bonds. The van der Waals surface area contributed by atoms with Crippen molar-refractivity contribution in [3.63, 3.8) is 0 Å². The van der Waals surface area contributed by atoms with Gasteiger partial charge in [-0.25, -0.2) is 4.98 Å². The second-order valence-electron chi connectivity index (χ2n) is 8.24. The number of carbonyl (C=O) groups excluding carboxylic acids is 2. The van der Waals surface area contributed by atoms with Gasteiger partial charge in [-0.15, -0.1) is 0 Å². The number of hydrogen-bond acceptors (Lipinski definition) is 4. The van der Waals surface area contributed by atoms with E-state index < -0.39 is 0 Å². The lowest BCUT2D eigenvalue weighted by molar-refractivity contribution is -0.118. The van der Waals surface area contributed by atoms with E-state index >= 15 is 0 Å². The van der Waals surface area contributed by atoms with Gasteiger partial charge in [0.05, 0.1) is 11.0 Å². The average Bonchev–Trinajstić information content (AvgIpc) is 3.32. The van der Waals surface area contributed by atoms with Crippen molar-refractivity contribution in [3.8, 4) is 17.1 Å². The number of imidazole rings is 1. The van der Waals surface area contributed by atoms with Crippen LogP contribution in [0.1, 0.15) is 21.5 Å².